The van der Waals surface area contributed by atoms with Gasteiger partial charge in [-0.15, -0.1) is 0 Å². The van der Waals surface area contributed by atoms with Crippen LogP contribution in [0.1, 0.15) is 168 Å². The quantitative estimate of drug-likeness (QED) is 0.0254. The van der Waals surface area contributed by atoms with E-state index in [0.717, 1.165) is 44.9 Å². The lowest BCUT2D eigenvalue weighted by Crippen LogP contribution is -2.51. The van der Waals surface area contributed by atoms with Crippen molar-refractivity contribution in [1.82, 2.24) is 5.32 Å². The molecular formula is C40H79N2O7P. The van der Waals surface area contributed by atoms with E-state index in [1.54, 1.807) is 0 Å². The average Bonchev–Trinajstić information content (AvgIpc) is 3.06. The summed E-state index contributed by atoms with van der Waals surface area (Å²) in [6.45, 7) is 4.36. The Bertz CT molecular complexity index is 893. The number of aliphatic hydroxyl groups excluding tert-OH is 2. The zero-order valence-electron chi connectivity index (χ0n) is 33.0. The summed E-state index contributed by atoms with van der Waals surface area (Å²) in [5, 5.41) is 24.5. The van der Waals surface area contributed by atoms with Crippen LogP contribution in [0.2, 0.25) is 0 Å². The van der Waals surface area contributed by atoms with Gasteiger partial charge in [0.05, 0.1) is 39.9 Å². The number of nitrogens with one attached hydrogen (secondary N) is 1. The van der Waals surface area contributed by atoms with Crippen molar-refractivity contribution in [3.8, 4) is 0 Å². The number of likely N-dealkylation sites (N-methyl/N-ethyl adjacent to an activating group) is 1. The smallest absolute Gasteiger partial charge is 0.268 e. The van der Waals surface area contributed by atoms with Gasteiger partial charge < -0.3 is 34.0 Å². The van der Waals surface area contributed by atoms with Gasteiger partial charge in [0, 0.05) is 6.42 Å². The van der Waals surface area contributed by atoms with E-state index in [1.165, 1.54) is 83.5 Å². The highest BCUT2D eigenvalue weighted by Crippen LogP contribution is 2.38. The Kier molecular flexibility index (Phi) is 31.9. The second kappa shape index (κ2) is 32.6. The molecule has 10 heteroatoms. The van der Waals surface area contributed by atoms with Gasteiger partial charge in [-0.25, -0.2) is 0 Å². The maximum Gasteiger partial charge on any atom is 0.268 e. The molecule has 0 aromatic rings. The molecule has 50 heavy (non-hydrogen) atoms. The monoisotopic (exact) mass is 731 g/mol. The lowest BCUT2D eigenvalue weighted by atomic mass is 10.0. The Balaban J connectivity index is 4.63. The van der Waals surface area contributed by atoms with Crippen LogP contribution in [0.25, 0.3) is 0 Å². The van der Waals surface area contributed by atoms with E-state index < -0.39 is 32.7 Å². The lowest BCUT2D eigenvalue weighted by Gasteiger charge is -2.31. The molecule has 0 aromatic carbocycles. The Morgan fingerprint density at radius 2 is 1.16 bits per heavy atom. The van der Waals surface area contributed by atoms with Crippen molar-refractivity contribution in [2.75, 3.05) is 40.9 Å². The van der Waals surface area contributed by atoms with Gasteiger partial charge in [0.2, 0.25) is 5.91 Å². The molecule has 1 amide bonds. The molecule has 0 saturated heterocycles. The Labute approximate surface area is 307 Å². The van der Waals surface area contributed by atoms with Crippen LogP contribution in [0.15, 0.2) is 24.3 Å². The topological polar surface area (TPSA) is 128 Å². The number of carbonyl (C=O) groups is 1. The average molecular weight is 731 g/mol. The molecule has 0 aliphatic heterocycles. The number of hydrogen-bond acceptors (Lipinski definition) is 7. The fraction of sp³-hybridized carbons (Fsp3) is 0.875. The van der Waals surface area contributed by atoms with Crippen molar-refractivity contribution in [3.63, 3.8) is 0 Å². The number of aliphatic hydroxyl groups is 2. The number of rotatable bonds is 36. The molecule has 3 N–H and O–H groups in total. The molecular weight excluding hydrogens is 651 g/mol. The first-order chi connectivity index (χ1) is 23.9. The maximum atomic E-state index is 12.8. The van der Waals surface area contributed by atoms with Gasteiger partial charge in [-0.1, -0.05) is 134 Å². The fourth-order valence-electron chi connectivity index (χ4n) is 5.68. The number of phosphoric acid groups is 1. The maximum absolute atomic E-state index is 12.8. The first kappa shape index (κ1) is 48.9. The van der Waals surface area contributed by atoms with E-state index in [4.69, 9.17) is 9.05 Å². The first-order valence-electron chi connectivity index (χ1n) is 20.3. The number of nitrogens with zero attached hydrogens (tertiary/aromatic N) is 1. The van der Waals surface area contributed by atoms with Crippen LogP contribution >= 0.6 is 7.82 Å². The predicted octanol–water partition coefficient (Wildman–Crippen LogP) is 8.92. The molecule has 4 atom stereocenters. The van der Waals surface area contributed by atoms with Crippen molar-refractivity contribution in [2.45, 2.75) is 186 Å². The number of allylic oxidation sites excluding steroid dienone is 4. The predicted molar refractivity (Wildman–Crippen MR) is 207 cm³/mol. The molecule has 0 heterocycles. The van der Waals surface area contributed by atoms with Crippen LogP contribution in [0, 0.1) is 0 Å². The van der Waals surface area contributed by atoms with Crippen LogP contribution in [0.4, 0.5) is 0 Å². The number of carbonyl (C=O) groups excluding carboxylic acids is 1. The molecule has 4 unspecified atom stereocenters. The van der Waals surface area contributed by atoms with Gasteiger partial charge in [0.1, 0.15) is 19.3 Å². The standard InChI is InChI=1S/C40H79N2O7P/c1-6-8-10-12-14-16-18-20-21-23-25-27-29-31-33-39(44)41-37(36-49-50(46,47)48-35-34-42(3,4)5)40(45)38(43)32-30-28-26-24-22-19-17-15-13-11-9-7-2/h15,17,24,26,37-38,40,43,45H,6-14,16,18-23,25,27-36H2,1-5H3,(H-,41,44,46,47)/b17-15+,26-24+. The lowest BCUT2D eigenvalue weighted by molar-refractivity contribution is -0.870. The second-order valence-electron chi connectivity index (χ2n) is 15.1. The number of amides is 1. The zero-order chi connectivity index (χ0) is 37.4. The van der Waals surface area contributed by atoms with E-state index in [1.807, 2.05) is 21.1 Å². The molecule has 0 aliphatic carbocycles. The molecule has 0 aromatic heterocycles. The summed E-state index contributed by atoms with van der Waals surface area (Å²) < 4.78 is 23.0. The van der Waals surface area contributed by atoms with Crippen LogP contribution < -0.4 is 10.2 Å². The zero-order valence-corrected chi connectivity index (χ0v) is 33.9. The third kappa shape index (κ3) is 32.8. The summed E-state index contributed by atoms with van der Waals surface area (Å²) in [7, 11) is 1.10. The molecule has 0 saturated carbocycles. The summed E-state index contributed by atoms with van der Waals surface area (Å²) in [6, 6.07) is -1.09. The summed E-state index contributed by atoms with van der Waals surface area (Å²) in [5.74, 6) is -0.294. The largest absolute Gasteiger partial charge is 0.756 e. The highest BCUT2D eigenvalue weighted by Gasteiger charge is 2.29. The summed E-state index contributed by atoms with van der Waals surface area (Å²) in [6.07, 6.45) is 32.2. The van der Waals surface area contributed by atoms with Crippen LogP contribution in [-0.4, -0.2) is 79.8 Å². The number of quaternary nitrogens is 1. The summed E-state index contributed by atoms with van der Waals surface area (Å²) >= 11 is 0. The highest BCUT2D eigenvalue weighted by atomic mass is 31.2. The number of hydrogen-bond donors (Lipinski definition) is 3. The normalized spacial score (nSPS) is 15.4. The van der Waals surface area contributed by atoms with Crippen molar-refractivity contribution in [3.05, 3.63) is 24.3 Å². The van der Waals surface area contributed by atoms with Gasteiger partial charge in [-0.2, -0.15) is 0 Å². The second-order valence-corrected chi connectivity index (χ2v) is 16.5. The molecule has 296 valence electrons. The third-order valence-electron chi connectivity index (χ3n) is 9.01. The van der Waals surface area contributed by atoms with Gasteiger partial charge in [-0.3, -0.25) is 9.36 Å². The fourth-order valence-corrected chi connectivity index (χ4v) is 6.40. The first-order valence-corrected chi connectivity index (χ1v) is 21.7. The number of phosphoric ester groups is 1. The van der Waals surface area contributed by atoms with E-state index in [0.29, 0.717) is 30.3 Å². The van der Waals surface area contributed by atoms with Crippen LogP contribution in [0.3, 0.4) is 0 Å². The van der Waals surface area contributed by atoms with Gasteiger partial charge >= 0.3 is 0 Å². The van der Waals surface area contributed by atoms with E-state index in [-0.39, 0.29) is 18.9 Å². The Hall–Kier alpha value is -1.06. The van der Waals surface area contributed by atoms with Crippen molar-refractivity contribution >= 4 is 13.7 Å². The minimum atomic E-state index is -4.67. The molecule has 0 bridgehead atoms. The minimum absolute atomic E-state index is 0.0473. The molecule has 0 spiro atoms. The van der Waals surface area contributed by atoms with Crippen molar-refractivity contribution < 1.29 is 38.0 Å². The minimum Gasteiger partial charge on any atom is -0.756 e. The van der Waals surface area contributed by atoms with Crippen LogP contribution in [-0.2, 0) is 18.4 Å². The van der Waals surface area contributed by atoms with E-state index in [2.05, 4.69) is 43.5 Å². The Morgan fingerprint density at radius 3 is 1.68 bits per heavy atom. The molecule has 0 radical (unpaired) electrons. The van der Waals surface area contributed by atoms with Gasteiger partial charge in [0.15, 0.2) is 0 Å². The van der Waals surface area contributed by atoms with Gasteiger partial charge in [0.25, 0.3) is 7.82 Å². The van der Waals surface area contributed by atoms with Gasteiger partial charge in [-0.05, 0) is 51.4 Å². The molecule has 0 fully saturated rings. The summed E-state index contributed by atoms with van der Waals surface area (Å²) in [4.78, 5) is 25.2. The third-order valence-corrected chi connectivity index (χ3v) is 9.98. The summed E-state index contributed by atoms with van der Waals surface area (Å²) in [5.41, 5.74) is 0. The molecule has 9 nitrogen and oxygen atoms in total. The SMILES string of the molecule is CCCCC/C=C/CC/C=C/CCCC(O)C(O)C(COP(=O)([O-])OCC[N+](C)(C)C)NC(=O)CCCCCCCCCCCCCCCC. The molecule has 0 rings (SSSR count). The Morgan fingerprint density at radius 1 is 0.700 bits per heavy atom. The number of unbranched alkanes of at least 4 members (excludes halogenated alkanes) is 18. The van der Waals surface area contributed by atoms with E-state index >= 15 is 0 Å². The highest BCUT2D eigenvalue weighted by molar-refractivity contribution is 7.45. The van der Waals surface area contributed by atoms with E-state index in [9.17, 15) is 24.5 Å². The van der Waals surface area contributed by atoms with Crippen LogP contribution in [0.5, 0.6) is 0 Å². The van der Waals surface area contributed by atoms with Crippen molar-refractivity contribution in [2.24, 2.45) is 0 Å². The van der Waals surface area contributed by atoms with Crippen molar-refractivity contribution in [1.29, 1.82) is 0 Å². The molecule has 0 aliphatic rings.